The van der Waals surface area contributed by atoms with Gasteiger partial charge in [0.25, 0.3) is 0 Å². The quantitative estimate of drug-likeness (QED) is 0.765. The summed E-state index contributed by atoms with van der Waals surface area (Å²) in [5.41, 5.74) is 2.81. The molecule has 28 heavy (non-hydrogen) atoms. The maximum Gasteiger partial charge on any atom is 0.234 e. The van der Waals surface area contributed by atoms with Crippen LogP contribution >= 0.6 is 23.4 Å². The molecule has 0 spiro atoms. The second-order valence-electron chi connectivity index (χ2n) is 6.32. The fourth-order valence-electron chi connectivity index (χ4n) is 2.97. The van der Waals surface area contributed by atoms with Crippen LogP contribution in [0.4, 0.5) is 5.69 Å². The van der Waals surface area contributed by atoms with Gasteiger partial charge in [-0.25, -0.2) is 0 Å². The van der Waals surface area contributed by atoms with Crippen molar-refractivity contribution in [2.75, 3.05) is 11.1 Å². The van der Waals surface area contributed by atoms with Crippen LogP contribution in [0.2, 0.25) is 5.02 Å². The summed E-state index contributed by atoms with van der Waals surface area (Å²) in [7, 11) is 0. The fraction of sp³-hybridized carbons (Fsp3) is 0.190. The van der Waals surface area contributed by atoms with E-state index in [4.69, 9.17) is 11.6 Å². The van der Waals surface area contributed by atoms with Crippen LogP contribution in [-0.2, 0) is 9.59 Å². The van der Waals surface area contributed by atoms with Crippen LogP contribution in [0.1, 0.15) is 23.5 Å². The van der Waals surface area contributed by atoms with Crippen LogP contribution in [-0.4, -0.2) is 17.6 Å². The number of thioether (sulfide) groups is 1. The Hall–Kier alpha value is -2.75. The average Bonchev–Trinajstić information content (AvgIpc) is 2.70. The number of hydrogen-bond donors (Lipinski definition) is 2. The Bertz CT molecular complexity index is 983. The summed E-state index contributed by atoms with van der Waals surface area (Å²) >= 11 is 7.23. The SMILES string of the molecule is Cc1c(Cl)cccc1NC(=O)CSC1=C(C#N)[C@H](c2ccccc2)CC(=O)N1. The highest BCUT2D eigenvalue weighted by atomic mass is 35.5. The molecule has 1 heterocycles. The summed E-state index contributed by atoms with van der Waals surface area (Å²) in [5, 5.41) is 16.2. The number of hydrogen-bond acceptors (Lipinski definition) is 4. The van der Waals surface area contributed by atoms with Crippen LogP contribution in [0.5, 0.6) is 0 Å². The molecule has 2 aromatic rings. The van der Waals surface area contributed by atoms with Gasteiger partial charge in [-0.2, -0.15) is 5.26 Å². The van der Waals surface area contributed by atoms with Crippen LogP contribution in [0.3, 0.4) is 0 Å². The summed E-state index contributed by atoms with van der Waals surface area (Å²) in [5.74, 6) is -0.646. The molecule has 2 N–H and O–H groups in total. The van der Waals surface area contributed by atoms with Gasteiger partial charge in [0.05, 0.1) is 22.4 Å². The van der Waals surface area contributed by atoms with Crippen molar-refractivity contribution >= 4 is 40.9 Å². The number of amides is 2. The van der Waals surface area contributed by atoms with Crippen molar-refractivity contribution in [3.8, 4) is 6.07 Å². The fourth-order valence-corrected chi connectivity index (χ4v) is 4.02. The summed E-state index contributed by atoms with van der Waals surface area (Å²) < 4.78 is 0. The number of carbonyl (C=O) groups is 2. The van der Waals surface area contributed by atoms with E-state index in [0.29, 0.717) is 21.3 Å². The van der Waals surface area contributed by atoms with Crippen molar-refractivity contribution < 1.29 is 9.59 Å². The van der Waals surface area contributed by atoms with Gasteiger partial charge in [0.2, 0.25) is 11.8 Å². The molecule has 0 unspecified atom stereocenters. The van der Waals surface area contributed by atoms with Crippen molar-refractivity contribution in [1.82, 2.24) is 5.32 Å². The first-order valence-electron chi connectivity index (χ1n) is 8.66. The molecule has 0 radical (unpaired) electrons. The lowest BCUT2D eigenvalue weighted by molar-refractivity contribution is -0.121. The molecule has 0 aliphatic carbocycles. The number of halogens is 1. The van der Waals surface area contributed by atoms with Gasteiger partial charge >= 0.3 is 0 Å². The minimum absolute atomic E-state index is 0.0637. The molecule has 0 saturated heterocycles. The number of carbonyl (C=O) groups excluding carboxylic acids is 2. The van der Waals surface area contributed by atoms with Gasteiger partial charge in [0.1, 0.15) is 0 Å². The monoisotopic (exact) mass is 411 g/mol. The Morgan fingerprint density at radius 3 is 2.75 bits per heavy atom. The molecule has 0 aromatic heterocycles. The molecule has 3 rings (SSSR count). The molecular formula is C21H18ClN3O2S. The highest BCUT2D eigenvalue weighted by molar-refractivity contribution is 8.03. The smallest absolute Gasteiger partial charge is 0.234 e. The van der Waals surface area contributed by atoms with Crippen LogP contribution in [0.15, 0.2) is 59.1 Å². The normalized spacial score (nSPS) is 16.3. The Labute approximate surface area is 172 Å². The number of nitrogens with one attached hydrogen (secondary N) is 2. The molecule has 5 nitrogen and oxygen atoms in total. The molecule has 1 aliphatic heterocycles. The standard InChI is InChI=1S/C21H18ClN3O2S/c1-13-17(22)8-5-9-18(13)24-20(27)12-28-21-16(11-23)15(10-19(26)25-21)14-6-3-2-4-7-14/h2-9,15H,10,12H2,1H3,(H,24,27)(H,25,26)/t15-/m0/s1. The van der Waals surface area contributed by atoms with Crippen molar-refractivity contribution in [1.29, 1.82) is 5.26 Å². The van der Waals surface area contributed by atoms with Crippen molar-refractivity contribution in [2.24, 2.45) is 0 Å². The molecule has 7 heteroatoms. The summed E-state index contributed by atoms with van der Waals surface area (Å²) in [4.78, 5) is 24.5. The number of benzene rings is 2. The first-order chi connectivity index (χ1) is 13.5. The maximum absolute atomic E-state index is 12.4. The van der Waals surface area contributed by atoms with Crippen LogP contribution in [0.25, 0.3) is 0 Å². The predicted octanol–water partition coefficient (Wildman–Crippen LogP) is 4.36. The zero-order chi connectivity index (χ0) is 20.1. The van der Waals surface area contributed by atoms with Crippen molar-refractivity contribution in [3.63, 3.8) is 0 Å². The topological polar surface area (TPSA) is 82.0 Å². The zero-order valence-electron chi connectivity index (χ0n) is 15.2. The largest absolute Gasteiger partial charge is 0.325 e. The molecule has 142 valence electrons. The van der Waals surface area contributed by atoms with E-state index in [9.17, 15) is 14.9 Å². The Kier molecular flexibility index (Phi) is 6.40. The number of rotatable bonds is 5. The first-order valence-corrected chi connectivity index (χ1v) is 10.0. The number of allylic oxidation sites excluding steroid dienone is 1. The van der Waals surface area contributed by atoms with Gasteiger partial charge in [0, 0.05) is 23.0 Å². The molecule has 0 fully saturated rings. The summed E-state index contributed by atoms with van der Waals surface area (Å²) in [6.07, 6.45) is 0.213. The van der Waals surface area contributed by atoms with Crippen molar-refractivity contribution in [2.45, 2.75) is 19.3 Å². The number of nitrogens with zero attached hydrogens (tertiary/aromatic N) is 1. The third-order valence-corrected chi connectivity index (χ3v) is 5.87. The van der Waals surface area contributed by atoms with E-state index < -0.39 is 0 Å². The van der Waals surface area contributed by atoms with E-state index in [1.54, 1.807) is 18.2 Å². The van der Waals surface area contributed by atoms with Crippen LogP contribution in [0, 0.1) is 18.3 Å². The molecule has 2 aromatic carbocycles. The molecular weight excluding hydrogens is 394 g/mol. The Morgan fingerprint density at radius 1 is 1.29 bits per heavy atom. The molecule has 2 amide bonds. The van der Waals surface area contributed by atoms with E-state index in [1.165, 1.54) is 0 Å². The highest BCUT2D eigenvalue weighted by Crippen LogP contribution is 2.35. The Morgan fingerprint density at radius 2 is 2.04 bits per heavy atom. The third-order valence-electron chi connectivity index (χ3n) is 4.45. The van der Waals surface area contributed by atoms with Gasteiger partial charge < -0.3 is 10.6 Å². The van der Waals surface area contributed by atoms with Gasteiger partial charge in [-0.1, -0.05) is 59.8 Å². The first kappa shape index (κ1) is 20.0. The number of anilines is 1. The predicted molar refractivity (Wildman–Crippen MR) is 112 cm³/mol. The van der Waals surface area contributed by atoms with Gasteiger partial charge in [-0.15, -0.1) is 0 Å². The minimum atomic E-state index is -0.305. The lowest BCUT2D eigenvalue weighted by Gasteiger charge is -2.25. The second kappa shape index (κ2) is 8.96. The summed E-state index contributed by atoms with van der Waals surface area (Å²) in [6, 6.07) is 17.0. The van der Waals surface area contributed by atoms with Gasteiger partial charge in [0.15, 0.2) is 0 Å². The number of nitriles is 1. The van der Waals surface area contributed by atoms with Gasteiger partial charge in [-0.3, -0.25) is 9.59 Å². The van der Waals surface area contributed by atoms with E-state index in [-0.39, 0.29) is 29.9 Å². The van der Waals surface area contributed by atoms with E-state index >= 15 is 0 Å². The zero-order valence-corrected chi connectivity index (χ0v) is 16.7. The highest BCUT2D eigenvalue weighted by Gasteiger charge is 2.29. The third kappa shape index (κ3) is 4.56. The van der Waals surface area contributed by atoms with Crippen LogP contribution < -0.4 is 10.6 Å². The lowest BCUT2D eigenvalue weighted by atomic mass is 9.87. The minimum Gasteiger partial charge on any atom is -0.325 e. The van der Waals surface area contributed by atoms with Crippen molar-refractivity contribution in [3.05, 3.63) is 75.3 Å². The van der Waals surface area contributed by atoms with Gasteiger partial charge in [-0.05, 0) is 30.2 Å². The maximum atomic E-state index is 12.4. The molecule has 0 bridgehead atoms. The average molecular weight is 412 g/mol. The second-order valence-corrected chi connectivity index (χ2v) is 7.71. The molecule has 1 atom stereocenters. The van der Waals surface area contributed by atoms with E-state index in [0.717, 1.165) is 22.9 Å². The van der Waals surface area contributed by atoms with E-state index in [2.05, 4.69) is 16.7 Å². The molecule has 0 saturated carbocycles. The summed E-state index contributed by atoms with van der Waals surface area (Å²) in [6.45, 7) is 1.83. The Balaban J connectivity index is 1.75. The lowest BCUT2D eigenvalue weighted by Crippen LogP contribution is -2.31. The van der Waals surface area contributed by atoms with E-state index in [1.807, 2.05) is 37.3 Å². The molecule has 1 aliphatic rings.